The number of carboxylic acid groups (broad SMARTS) is 1. The van der Waals surface area contributed by atoms with Gasteiger partial charge in [-0.15, -0.1) is 0 Å². The second kappa shape index (κ2) is 3.89. The molecule has 0 radical (unpaired) electrons. The van der Waals surface area contributed by atoms with Crippen LogP contribution in [0, 0.1) is 0 Å². The molecule has 0 atom stereocenters. The van der Waals surface area contributed by atoms with E-state index in [0.717, 1.165) is 16.5 Å². The van der Waals surface area contributed by atoms with Crippen molar-refractivity contribution in [3.63, 3.8) is 0 Å². The zero-order valence-electron chi connectivity index (χ0n) is 9.14. The van der Waals surface area contributed by atoms with E-state index in [1.807, 2.05) is 18.2 Å². The molecule has 0 spiro atoms. The minimum absolute atomic E-state index is 0.152. The average Bonchev–Trinajstić information content (AvgIpc) is 2.27. The minimum atomic E-state index is -1.10. The summed E-state index contributed by atoms with van der Waals surface area (Å²) in [6, 6.07) is 5.78. The molecule has 2 rings (SSSR count). The van der Waals surface area contributed by atoms with E-state index in [-0.39, 0.29) is 5.82 Å². The zero-order chi connectivity index (χ0) is 11.7. The van der Waals surface area contributed by atoms with Gasteiger partial charge in [0.15, 0.2) is 0 Å². The van der Waals surface area contributed by atoms with Crippen molar-refractivity contribution in [1.82, 2.24) is 9.97 Å². The molecule has 0 amide bonds. The number of benzene rings is 1. The fourth-order valence-electron chi connectivity index (χ4n) is 1.65. The number of carbonyl (C=O) groups is 1. The molecule has 0 saturated heterocycles. The Balaban J connectivity index is 2.73. The molecule has 0 aliphatic carbocycles. The van der Waals surface area contributed by atoms with Crippen LogP contribution >= 0.6 is 0 Å². The summed E-state index contributed by atoms with van der Waals surface area (Å²) < 4.78 is 0. The predicted octanol–water partition coefficient (Wildman–Crippen LogP) is 2.45. The Morgan fingerprint density at radius 3 is 2.75 bits per heavy atom. The summed E-state index contributed by atoms with van der Waals surface area (Å²) in [6.45, 7) is 4.11. The number of aromatic nitrogens is 2. The van der Waals surface area contributed by atoms with Gasteiger partial charge in [0.2, 0.25) is 5.82 Å². The summed E-state index contributed by atoms with van der Waals surface area (Å²) >= 11 is 0. The van der Waals surface area contributed by atoms with E-state index in [0.29, 0.717) is 5.92 Å². The third kappa shape index (κ3) is 1.74. The number of aromatic carboxylic acids is 1. The highest BCUT2D eigenvalue weighted by Crippen LogP contribution is 2.23. The van der Waals surface area contributed by atoms with E-state index in [9.17, 15) is 4.79 Å². The van der Waals surface area contributed by atoms with Crippen LogP contribution in [-0.4, -0.2) is 21.0 Å². The quantitative estimate of drug-likeness (QED) is 0.837. The van der Waals surface area contributed by atoms with Gasteiger partial charge in [0.1, 0.15) is 0 Å². The van der Waals surface area contributed by atoms with Gasteiger partial charge < -0.3 is 5.11 Å². The Morgan fingerprint density at radius 2 is 2.12 bits per heavy atom. The van der Waals surface area contributed by atoms with Crippen molar-refractivity contribution in [3.05, 3.63) is 35.8 Å². The third-order valence-corrected chi connectivity index (χ3v) is 2.46. The zero-order valence-corrected chi connectivity index (χ0v) is 9.14. The predicted molar refractivity (Wildman–Crippen MR) is 60.6 cm³/mol. The molecule has 0 bridgehead atoms. The lowest BCUT2D eigenvalue weighted by Crippen LogP contribution is -2.05. The maximum Gasteiger partial charge on any atom is 0.373 e. The summed E-state index contributed by atoms with van der Waals surface area (Å²) in [5.41, 5.74) is 1.77. The molecule has 4 nitrogen and oxygen atoms in total. The monoisotopic (exact) mass is 216 g/mol. The van der Waals surface area contributed by atoms with Crippen molar-refractivity contribution < 1.29 is 9.90 Å². The standard InChI is InChI=1S/C12H12N2O2/c1-7(2)9-5-3-4-8-6-13-11(12(15)16)14-10(8)9/h3-7H,1-2H3,(H,15,16). The van der Waals surface area contributed by atoms with Gasteiger partial charge in [0, 0.05) is 11.6 Å². The molecule has 2 aromatic rings. The Bertz CT molecular complexity index is 550. The highest BCUT2D eigenvalue weighted by atomic mass is 16.4. The van der Waals surface area contributed by atoms with Crippen LogP contribution in [0.25, 0.3) is 10.9 Å². The number of para-hydroxylation sites is 1. The van der Waals surface area contributed by atoms with Crippen LogP contribution in [0.15, 0.2) is 24.4 Å². The fraction of sp³-hybridized carbons (Fsp3) is 0.250. The van der Waals surface area contributed by atoms with Crippen molar-refractivity contribution in [3.8, 4) is 0 Å². The Kier molecular flexibility index (Phi) is 2.56. The first-order valence-electron chi connectivity index (χ1n) is 5.08. The first-order chi connectivity index (χ1) is 7.59. The number of hydrogen-bond donors (Lipinski definition) is 1. The van der Waals surface area contributed by atoms with Crippen molar-refractivity contribution in [2.45, 2.75) is 19.8 Å². The van der Waals surface area contributed by atoms with E-state index < -0.39 is 5.97 Å². The van der Waals surface area contributed by atoms with Crippen LogP contribution < -0.4 is 0 Å². The normalized spacial score (nSPS) is 10.9. The molecule has 4 heteroatoms. The maximum absolute atomic E-state index is 10.8. The van der Waals surface area contributed by atoms with E-state index in [1.165, 1.54) is 0 Å². The smallest absolute Gasteiger partial charge is 0.373 e. The van der Waals surface area contributed by atoms with Gasteiger partial charge in [-0.2, -0.15) is 0 Å². The molecule has 0 aliphatic heterocycles. The second-order valence-electron chi connectivity index (χ2n) is 3.94. The summed E-state index contributed by atoms with van der Waals surface area (Å²) in [7, 11) is 0. The highest BCUT2D eigenvalue weighted by molar-refractivity contribution is 5.88. The van der Waals surface area contributed by atoms with Crippen LogP contribution in [-0.2, 0) is 0 Å². The molecular weight excluding hydrogens is 204 g/mol. The lowest BCUT2D eigenvalue weighted by molar-refractivity contribution is 0.0684. The Hall–Kier alpha value is -1.97. The van der Waals surface area contributed by atoms with Gasteiger partial charge in [-0.1, -0.05) is 32.0 Å². The van der Waals surface area contributed by atoms with Gasteiger partial charge in [0.05, 0.1) is 5.52 Å². The second-order valence-corrected chi connectivity index (χ2v) is 3.94. The van der Waals surface area contributed by atoms with Crippen molar-refractivity contribution in [1.29, 1.82) is 0 Å². The van der Waals surface area contributed by atoms with E-state index in [1.54, 1.807) is 6.20 Å². The maximum atomic E-state index is 10.8. The van der Waals surface area contributed by atoms with Crippen molar-refractivity contribution >= 4 is 16.9 Å². The number of nitrogens with zero attached hydrogens (tertiary/aromatic N) is 2. The molecule has 0 saturated carbocycles. The first-order valence-corrected chi connectivity index (χ1v) is 5.08. The van der Waals surface area contributed by atoms with Crippen molar-refractivity contribution in [2.75, 3.05) is 0 Å². The van der Waals surface area contributed by atoms with Gasteiger partial charge in [-0.3, -0.25) is 0 Å². The van der Waals surface area contributed by atoms with Crippen molar-refractivity contribution in [2.24, 2.45) is 0 Å². The Labute approximate surface area is 93.0 Å². The van der Waals surface area contributed by atoms with Crippen LogP contribution in [0.2, 0.25) is 0 Å². The third-order valence-electron chi connectivity index (χ3n) is 2.46. The highest BCUT2D eigenvalue weighted by Gasteiger charge is 2.11. The number of rotatable bonds is 2. The SMILES string of the molecule is CC(C)c1cccc2cnc(C(=O)O)nc12. The number of hydrogen-bond acceptors (Lipinski definition) is 3. The molecule has 0 fully saturated rings. The van der Waals surface area contributed by atoms with Crippen LogP contribution in [0.4, 0.5) is 0 Å². The number of fused-ring (bicyclic) bond motifs is 1. The molecule has 1 heterocycles. The molecule has 1 N–H and O–H groups in total. The minimum Gasteiger partial charge on any atom is -0.475 e. The summed E-state index contributed by atoms with van der Waals surface area (Å²) in [5.74, 6) is -0.943. The lowest BCUT2D eigenvalue weighted by Gasteiger charge is -2.08. The van der Waals surface area contributed by atoms with Gasteiger partial charge in [-0.25, -0.2) is 14.8 Å². The lowest BCUT2D eigenvalue weighted by atomic mass is 10.0. The number of carboxylic acids is 1. The average molecular weight is 216 g/mol. The molecule has 82 valence electrons. The molecule has 1 aromatic heterocycles. The molecule has 0 aliphatic rings. The Morgan fingerprint density at radius 1 is 1.38 bits per heavy atom. The van der Waals surface area contributed by atoms with E-state index >= 15 is 0 Å². The van der Waals surface area contributed by atoms with Crippen LogP contribution in [0.1, 0.15) is 35.9 Å². The molecule has 1 aromatic carbocycles. The molecular formula is C12H12N2O2. The van der Waals surface area contributed by atoms with Gasteiger partial charge in [0.25, 0.3) is 0 Å². The van der Waals surface area contributed by atoms with Crippen LogP contribution in [0.5, 0.6) is 0 Å². The fourth-order valence-corrected chi connectivity index (χ4v) is 1.65. The largest absolute Gasteiger partial charge is 0.475 e. The van der Waals surface area contributed by atoms with Crippen LogP contribution in [0.3, 0.4) is 0 Å². The van der Waals surface area contributed by atoms with Gasteiger partial charge in [-0.05, 0) is 11.5 Å². The summed E-state index contributed by atoms with van der Waals surface area (Å²) in [4.78, 5) is 18.7. The van der Waals surface area contributed by atoms with Gasteiger partial charge >= 0.3 is 5.97 Å². The molecule has 0 unspecified atom stereocenters. The topological polar surface area (TPSA) is 63.1 Å². The summed E-state index contributed by atoms with van der Waals surface area (Å²) in [6.07, 6.45) is 1.55. The first kappa shape index (κ1) is 10.5. The van der Waals surface area contributed by atoms with E-state index in [4.69, 9.17) is 5.11 Å². The van der Waals surface area contributed by atoms with E-state index in [2.05, 4.69) is 23.8 Å². The summed E-state index contributed by atoms with van der Waals surface area (Å²) in [5, 5.41) is 9.72. The molecule has 16 heavy (non-hydrogen) atoms.